The fourth-order valence-corrected chi connectivity index (χ4v) is 2.96. The minimum atomic E-state index is 0.0218. The van der Waals surface area contributed by atoms with Gasteiger partial charge in [-0.05, 0) is 53.0 Å². The van der Waals surface area contributed by atoms with Crippen LogP contribution < -0.4 is 5.32 Å². The van der Waals surface area contributed by atoms with Gasteiger partial charge in [-0.2, -0.15) is 0 Å². The molecule has 20 heavy (non-hydrogen) atoms. The number of carbonyl (C=O) groups excluding carboxylic acids is 1. The summed E-state index contributed by atoms with van der Waals surface area (Å²) in [5.74, 6) is 0.0218. The molecule has 0 saturated heterocycles. The predicted octanol–water partition coefficient (Wildman–Crippen LogP) is 5.09. The van der Waals surface area contributed by atoms with Crippen LogP contribution >= 0.6 is 31.9 Å². The maximum Gasteiger partial charge on any atom is 0.224 e. The fraction of sp³-hybridized carbons (Fsp3) is 0.188. The quantitative estimate of drug-likeness (QED) is 0.765. The van der Waals surface area contributed by atoms with Crippen LogP contribution in [0, 0.1) is 6.92 Å². The first-order valence-electron chi connectivity index (χ1n) is 6.35. The molecule has 0 aliphatic carbocycles. The van der Waals surface area contributed by atoms with E-state index in [-0.39, 0.29) is 5.91 Å². The van der Waals surface area contributed by atoms with E-state index in [2.05, 4.69) is 68.4 Å². The van der Waals surface area contributed by atoms with Crippen molar-refractivity contribution in [2.24, 2.45) is 0 Å². The molecule has 0 heterocycles. The van der Waals surface area contributed by atoms with Crippen molar-refractivity contribution >= 4 is 43.5 Å². The molecule has 1 N–H and O–H groups in total. The minimum Gasteiger partial charge on any atom is -0.325 e. The van der Waals surface area contributed by atoms with Gasteiger partial charge in [0.05, 0.1) is 5.69 Å². The molecular formula is C16H15Br2NO. The Morgan fingerprint density at radius 2 is 1.80 bits per heavy atom. The number of aryl methyl sites for hydroxylation is 2. The molecule has 0 bridgehead atoms. The summed E-state index contributed by atoms with van der Waals surface area (Å²) in [5.41, 5.74) is 3.21. The second-order valence-corrected chi connectivity index (χ2v) is 6.43. The van der Waals surface area contributed by atoms with Gasteiger partial charge < -0.3 is 5.32 Å². The van der Waals surface area contributed by atoms with E-state index in [9.17, 15) is 4.79 Å². The smallest absolute Gasteiger partial charge is 0.224 e. The van der Waals surface area contributed by atoms with Gasteiger partial charge in [0.1, 0.15) is 0 Å². The summed E-state index contributed by atoms with van der Waals surface area (Å²) in [6, 6.07) is 14.0. The van der Waals surface area contributed by atoms with Gasteiger partial charge in [0.2, 0.25) is 5.91 Å². The summed E-state index contributed by atoms with van der Waals surface area (Å²) in [5, 5.41) is 2.91. The van der Waals surface area contributed by atoms with Crippen molar-refractivity contribution in [2.75, 3.05) is 5.32 Å². The van der Waals surface area contributed by atoms with E-state index < -0.39 is 0 Å². The van der Waals surface area contributed by atoms with Crippen LogP contribution in [0.1, 0.15) is 17.5 Å². The van der Waals surface area contributed by atoms with Gasteiger partial charge in [-0.1, -0.05) is 45.8 Å². The molecule has 104 valence electrons. The zero-order chi connectivity index (χ0) is 14.5. The number of carbonyl (C=O) groups is 1. The van der Waals surface area contributed by atoms with Crippen LogP contribution in [0.4, 0.5) is 5.69 Å². The molecule has 4 heteroatoms. The predicted molar refractivity (Wildman–Crippen MR) is 90.0 cm³/mol. The van der Waals surface area contributed by atoms with Crippen molar-refractivity contribution in [1.82, 2.24) is 0 Å². The van der Waals surface area contributed by atoms with Crippen molar-refractivity contribution in [3.05, 3.63) is 62.5 Å². The van der Waals surface area contributed by atoms with E-state index in [4.69, 9.17) is 0 Å². The highest BCUT2D eigenvalue weighted by Gasteiger charge is 2.06. The molecule has 2 nitrogen and oxygen atoms in total. The summed E-state index contributed by atoms with van der Waals surface area (Å²) in [6.07, 6.45) is 1.23. The van der Waals surface area contributed by atoms with Crippen LogP contribution in [-0.4, -0.2) is 5.91 Å². The van der Waals surface area contributed by atoms with Crippen LogP contribution in [0.15, 0.2) is 51.4 Å². The van der Waals surface area contributed by atoms with Crippen molar-refractivity contribution in [2.45, 2.75) is 19.8 Å². The van der Waals surface area contributed by atoms with Gasteiger partial charge in [0.25, 0.3) is 0 Å². The molecule has 0 aromatic heterocycles. The molecule has 2 aromatic carbocycles. The Hall–Kier alpha value is -1.13. The highest BCUT2D eigenvalue weighted by molar-refractivity contribution is 9.11. The second kappa shape index (κ2) is 7.04. The van der Waals surface area contributed by atoms with E-state index in [1.54, 1.807) is 0 Å². The normalized spacial score (nSPS) is 10.3. The molecule has 0 unspecified atom stereocenters. The molecule has 0 fully saturated rings. The van der Waals surface area contributed by atoms with Crippen LogP contribution in [0.25, 0.3) is 0 Å². The SMILES string of the molecule is Cc1ccc(CCC(=O)Nc2ccc(Br)cc2Br)cc1. The number of amides is 1. The Morgan fingerprint density at radius 1 is 1.10 bits per heavy atom. The first-order valence-corrected chi connectivity index (χ1v) is 7.93. The molecule has 0 radical (unpaired) electrons. The maximum absolute atomic E-state index is 11.9. The Labute approximate surface area is 135 Å². The Morgan fingerprint density at radius 3 is 2.45 bits per heavy atom. The molecule has 0 saturated carbocycles. The maximum atomic E-state index is 11.9. The van der Waals surface area contributed by atoms with E-state index in [0.29, 0.717) is 6.42 Å². The van der Waals surface area contributed by atoms with Crippen LogP contribution in [-0.2, 0) is 11.2 Å². The molecular weight excluding hydrogens is 382 g/mol. The molecule has 0 spiro atoms. The Bertz CT molecular complexity index is 608. The van der Waals surface area contributed by atoms with Crippen LogP contribution in [0.5, 0.6) is 0 Å². The highest BCUT2D eigenvalue weighted by atomic mass is 79.9. The Kier molecular flexibility index (Phi) is 5.38. The van der Waals surface area contributed by atoms with Gasteiger partial charge in [-0.15, -0.1) is 0 Å². The summed E-state index contributed by atoms with van der Waals surface area (Å²) in [6.45, 7) is 2.06. The monoisotopic (exact) mass is 395 g/mol. The second-order valence-electron chi connectivity index (χ2n) is 4.66. The van der Waals surface area contributed by atoms with Crippen molar-refractivity contribution < 1.29 is 4.79 Å². The average molecular weight is 397 g/mol. The molecule has 2 aromatic rings. The van der Waals surface area contributed by atoms with Gasteiger partial charge in [-0.3, -0.25) is 4.79 Å². The first kappa shape index (κ1) is 15.3. The average Bonchev–Trinajstić information content (AvgIpc) is 2.41. The lowest BCUT2D eigenvalue weighted by Gasteiger charge is -2.08. The third-order valence-electron chi connectivity index (χ3n) is 2.97. The van der Waals surface area contributed by atoms with E-state index in [1.807, 2.05) is 18.2 Å². The van der Waals surface area contributed by atoms with Gasteiger partial charge in [-0.25, -0.2) is 0 Å². The van der Waals surface area contributed by atoms with Gasteiger partial charge >= 0.3 is 0 Å². The number of hydrogen-bond acceptors (Lipinski definition) is 1. The van der Waals surface area contributed by atoms with Gasteiger partial charge in [0, 0.05) is 15.4 Å². The molecule has 0 aliphatic rings. The van der Waals surface area contributed by atoms with Crippen LogP contribution in [0.2, 0.25) is 0 Å². The minimum absolute atomic E-state index is 0.0218. The first-order chi connectivity index (χ1) is 9.54. The number of rotatable bonds is 4. The number of hydrogen-bond donors (Lipinski definition) is 1. The van der Waals surface area contributed by atoms with Crippen molar-refractivity contribution in [3.63, 3.8) is 0 Å². The summed E-state index contributed by atoms with van der Waals surface area (Å²) < 4.78 is 1.84. The third-order valence-corrected chi connectivity index (χ3v) is 4.12. The number of halogens is 2. The standard InChI is InChI=1S/C16H15Br2NO/c1-11-2-4-12(5-3-11)6-9-16(20)19-15-8-7-13(17)10-14(15)18/h2-5,7-8,10H,6,9H2,1H3,(H,19,20). The molecule has 0 atom stereocenters. The van der Waals surface area contributed by atoms with Crippen molar-refractivity contribution in [3.8, 4) is 0 Å². The molecule has 0 aliphatic heterocycles. The largest absolute Gasteiger partial charge is 0.325 e. The zero-order valence-electron chi connectivity index (χ0n) is 11.1. The summed E-state index contributed by atoms with van der Waals surface area (Å²) in [7, 11) is 0. The van der Waals surface area contributed by atoms with E-state index in [0.717, 1.165) is 21.1 Å². The highest BCUT2D eigenvalue weighted by Crippen LogP contribution is 2.26. The number of benzene rings is 2. The van der Waals surface area contributed by atoms with Crippen LogP contribution in [0.3, 0.4) is 0 Å². The molecule has 2 rings (SSSR count). The lowest BCUT2D eigenvalue weighted by molar-refractivity contribution is -0.116. The fourth-order valence-electron chi connectivity index (χ4n) is 1.82. The van der Waals surface area contributed by atoms with E-state index in [1.165, 1.54) is 11.1 Å². The van der Waals surface area contributed by atoms with Gasteiger partial charge in [0.15, 0.2) is 0 Å². The number of nitrogens with one attached hydrogen (secondary N) is 1. The Balaban J connectivity index is 1.90. The summed E-state index contributed by atoms with van der Waals surface area (Å²) in [4.78, 5) is 11.9. The lowest BCUT2D eigenvalue weighted by Crippen LogP contribution is -2.12. The summed E-state index contributed by atoms with van der Waals surface area (Å²) >= 11 is 6.82. The van der Waals surface area contributed by atoms with E-state index >= 15 is 0 Å². The third kappa shape index (κ3) is 4.46. The van der Waals surface area contributed by atoms with Crippen molar-refractivity contribution in [1.29, 1.82) is 0 Å². The molecule has 1 amide bonds. The number of anilines is 1. The zero-order valence-corrected chi connectivity index (χ0v) is 14.3. The lowest BCUT2D eigenvalue weighted by atomic mass is 10.1. The topological polar surface area (TPSA) is 29.1 Å².